The Labute approximate surface area is 140 Å². The Morgan fingerprint density at radius 3 is 3.09 bits per heavy atom. The lowest BCUT2D eigenvalue weighted by atomic mass is 10.1. The zero-order valence-corrected chi connectivity index (χ0v) is 14.7. The van der Waals surface area contributed by atoms with Crippen molar-refractivity contribution < 1.29 is 14.3 Å². The van der Waals surface area contributed by atoms with Gasteiger partial charge in [-0.05, 0) is 37.5 Å². The van der Waals surface area contributed by atoms with Gasteiger partial charge in [0, 0.05) is 17.6 Å². The molecule has 1 heterocycles. The second-order valence-electron chi connectivity index (χ2n) is 5.41. The van der Waals surface area contributed by atoms with E-state index < -0.39 is 0 Å². The van der Waals surface area contributed by atoms with Crippen molar-refractivity contribution in [3.05, 3.63) is 28.2 Å². The maximum absolute atomic E-state index is 12.1. The van der Waals surface area contributed by atoms with Crippen molar-refractivity contribution >= 4 is 22.0 Å². The summed E-state index contributed by atoms with van der Waals surface area (Å²) in [5, 5.41) is 2.98. The van der Waals surface area contributed by atoms with Gasteiger partial charge in [-0.2, -0.15) is 0 Å². The van der Waals surface area contributed by atoms with E-state index >= 15 is 0 Å². The summed E-state index contributed by atoms with van der Waals surface area (Å²) >= 11 is 3.43. The predicted octanol–water partition coefficient (Wildman–Crippen LogP) is 2.82. The zero-order chi connectivity index (χ0) is 15.9. The molecule has 5 nitrogen and oxygen atoms in total. The van der Waals surface area contributed by atoms with Crippen molar-refractivity contribution in [2.75, 3.05) is 33.4 Å². The summed E-state index contributed by atoms with van der Waals surface area (Å²) in [6, 6.07) is 6.16. The predicted molar refractivity (Wildman–Crippen MR) is 89.4 cm³/mol. The number of nitrogens with one attached hydrogen (secondary N) is 1. The molecule has 1 aromatic carbocycles. The molecule has 0 saturated carbocycles. The number of ether oxygens (including phenoxy) is 2. The fourth-order valence-corrected chi connectivity index (χ4v) is 2.87. The number of aryl methyl sites for hydroxylation is 1. The Hall–Kier alpha value is -1.27. The van der Waals surface area contributed by atoms with Gasteiger partial charge < -0.3 is 19.7 Å². The lowest BCUT2D eigenvalue weighted by Crippen LogP contribution is -2.51. The fourth-order valence-electron chi connectivity index (χ4n) is 2.53. The van der Waals surface area contributed by atoms with Gasteiger partial charge >= 0.3 is 6.03 Å². The molecule has 1 saturated heterocycles. The molecule has 1 aliphatic rings. The number of urea groups is 1. The minimum absolute atomic E-state index is 0.00132. The number of hydrogen-bond acceptors (Lipinski definition) is 3. The Balaban J connectivity index is 1.76. The van der Waals surface area contributed by atoms with Gasteiger partial charge in [-0.1, -0.05) is 22.0 Å². The lowest BCUT2D eigenvalue weighted by Gasteiger charge is -2.33. The van der Waals surface area contributed by atoms with Crippen LogP contribution in [0.5, 0.6) is 5.75 Å². The van der Waals surface area contributed by atoms with E-state index in [9.17, 15) is 4.79 Å². The van der Waals surface area contributed by atoms with E-state index in [0.29, 0.717) is 26.3 Å². The minimum Gasteiger partial charge on any atom is -0.496 e. The number of carbonyl (C=O) groups is 1. The molecule has 1 N–H and O–H groups in total. The average molecular weight is 371 g/mol. The summed E-state index contributed by atoms with van der Waals surface area (Å²) in [7, 11) is 1.67. The average Bonchev–Trinajstić information content (AvgIpc) is 2.52. The fraction of sp³-hybridized carbons (Fsp3) is 0.562. The first-order valence-corrected chi connectivity index (χ1v) is 8.35. The van der Waals surface area contributed by atoms with E-state index in [1.807, 2.05) is 24.0 Å². The number of carbonyl (C=O) groups excluding carboxylic acids is 1. The summed E-state index contributed by atoms with van der Waals surface area (Å²) in [4.78, 5) is 14.0. The summed E-state index contributed by atoms with van der Waals surface area (Å²) < 4.78 is 11.7. The van der Waals surface area contributed by atoms with Crippen LogP contribution in [0.1, 0.15) is 18.9 Å². The molecule has 0 radical (unpaired) electrons. The molecule has 2 amide bonds. The van der Waals surface area contributed by atoms with Gasteiger partial charge in [-0.15, -0.1) is 0 Å². The number of methoxy groups -OCH3 is 1. The topological polar surface area (TPSA) is 50.8 Å². The summed E-state index contributed by atoms with van der Waals surface area (Å²) in [6.07, 6.45) is 1.75. The summed E-state index contributed by atoms with van der Waals surface area (Å²) in [5.74, 6) is 0.877. The third-order valence-corrected chi connectivity index (χ3v) is 4.27. The van der Waals surface area contributed by atoms with E-state index in [1.54, 1.807) is 7.11 Å². The maximum Gasteiger partial charge on any atom is 0.317 e. The van der Waals surface area contributed by atoms with Gasteiger partial charge in [0.15, 0.2) is 0 Å². The molecule has 0 aliphatic carbocycles. The van der Waals surface area contributed by atoms with E-state index in [-0.39, 0.29) is 12.1 Å². The normalized spacial score (nSPS) is 18.1. The molecule has 0 aromatic heterocycles. The number of hydrogen-bond donors (Lipinski definition) is 1. The van der Waals surface area contributed by atoms with Gasteiger partial charge in [0.05, 0.1) is 26.4 Å². The third-order valence-electron chi connectivity index (χ3n) is 3.78. The second-order valence-corrected chi connectivity index (χ2v) is 6.32. The van der Waals surface area contributed by atoms with Gasteiger partial charge in [0.1, 0.15) is 5.75 Å². The van der Waals surface area contributed by atoms with Crippen molar-refractivity contribution in [1.29, 1.82) is 0 Å². The number of benzene rings is 1. The van der Waals surface area contributed by atoms with Crippen LogP contribution in [0.3, 0.4) is 0 Å². The largest absolute Gasteiger partial charge is 0.496 e. The van der Waals surface area contributed by atoms with E-state index in [0.717, 1.165) is 28.6 Å². The molecule has 0 spiro atoms. The van der Waals surface area contributed by atoms with Crippen LogP contribution in [-0.2, 0) is 11.2 Å². The standard InChI is InChI=1S/C16H23BrN2O3/c1-12-11-22-9-8-19(12)16(20)18-7-3-4-13-5-6-14(17)10-15(13)21-2/h5-6,10,12H,3-4,7-9,11H2,1-2H3,(H,18,20)/t12-/m1/s1. The van der Waals surface area contributed by atoms with Crippen molar-refractivity contribution in [3.63, 3.8) is 0 Å². The van der Waals surface area contributed by atoms with Crippen molar-refractivity contribution in [2.24, 2.45) is 0 Å². The summed E-state index contributed by atoms with van der Waals surface area (Å²) in [6.45, 7) is 4.55. The van der Waals surface area contributed by atoms with Crippen LogP contribution in [0.15, 0.2) is 22.7 Å². The smallest absolute Gasteiger partial charge is 0.317 e. The highest BCUT2D eigenvalue weighted by molar-refractivity contribution is 9.10. The molecule has 1 fully saturated rings. The van der Waals surface area contributed by atoms with Crippen LogP contribution < -0.4 is 10.1 Å². The molecule has 122 valence electrons. The van der Waals surface area contributed by atoms with Crippen LogP contribution >= 0.6 is 15.9 Å². The third kappa shape index (κ3) is 4.61. The quantitative estimate of drug-likeness (QED) is 0.810. The highest BCUT2D eigenvalue weighted by Gasteiger charge is 2.23. The highest BCUT2D eigenvalue weighted by atomic mass is 79.9. The number of amides is 2. The molecule has 1 aliphatic heterocycles. The molecule has 0 unspecified atom stereocenters. The van der Waals surface area contributed by atoms with Crippen molar-refractivity contribution in [3.8, 4) is 5.75 Å². The molecular weight excluding hydrogens is 348 g/mol. The lowest BCUT2D eigenvalue weighted by molar-refractivity contribution is 0.0191. The van der Waals surface area contributed by atoms with E-state index in [4.69, 9.17) is 9.47 Å². The number of nitrogens with zero attached hydrogens (tertiary/aromatic N) is 1. The van der Waals surface area contributed by atoms with Gasteiger partial charge in [0.2, 0.25) is 0 Å². The zero-order valence-electron chi connectivity index (χ0n) is 13.1. The van der Waals surface area contributed by atoms with Crippen molar-refractivity contribution in [1.82, 2.24) is 10.2 Å². The molecule has 22 heavy (non-hydrogen) atoms. The Bertz CT molecular complexity index is 510. The Morgan fingerprint density at radius 1 is 1.55 bits per heavy atom. The monoisotopic (exact) mass is 370 g/mol. The van der Waals surface area contributed by atoms with Gasteiger partial charge in [-0.25, -0.2) is 4.79 Å². The molecular formula is C16H23BrN2O3. The number of morpholine rings is 1. The van der Waals surface area contributed by atoms with E-state index in [2.05, 4.69) is 27.3 Å². The molecule has 1 atom stereocenters. The molecule has 2 rings (SSSR count). The summed E-state index contributed by atoms with van der Waals surface area (Å²) in [5.41, 5.74) is 1.15. The number of halogens is 1. The van der Waals surface area contributed by atoms with E-state index in [1.165, 1.54) is 0 Å². The minimum atomic E-state index is -0.00132. The Kier molecular flexibility index (Phi) is 6.51. The molecule has 1 aromatic rings. The highest BCUT2D eigenvalue weighted by Crippen LogP contribution is 2.24. The van der Waals surface area contributed by atoms with Crippen LogP contribution in [0.2, 0.25) is 0 Å². The first-order valence-electron chi connectivity index (χ1n) is 7.56. The SMILES string of the molecule is COc1cc(Br)ccc1CCCNC(=O)N1CCOC[C@H]1C. The van der Waals surface area contributed by atoms with Crippen LogP contribution in [-0.4, -0.2) is 50.4 Å². The van der Waals surface area contributed by atoms with Crippen LogP contribution in [0.4, 0.5) is 4.79 Å². The first kappa shape index (κ1) is 17.1. The molecule has 0 bridgehead atoms. The first-order chi connectivity index (χ1) is 10.6. The second kappa shape index (κ2) is 8.39. The molecule has 6 heteroatoms. The van der Waals surface area contributed by atoms with Gasteiger partial charge in [-0.3, -0.25) is 0 Å². The van der Waals surface area contributed by atoms with Gasteiger partial charge in [0.25, 0.3) is 0 Å². The van der Waals surface area contributed by atoms with Crippen LogP contribution in [0.25, 0.3) is 0 Å². The van der Waals surface area contributed by atoms with Crippen molar-refractivity contribution in [2.45, 2.75) is 25.8 Å². The number of rotatable bonds is 5. The Morgan fingerprint density at radius 2 is 2.36 bits per heavy atom. The van der Waals surface area contributed by atoms with Crippen LogP contribution in [0, 0.1) is 0 Å². The maximum atomic E-state index is 12.1.